The molecule has 0 aromatic heterocycles. The second-order valence-corrected chi connectivity index (χ2v) is 5.21. The SMILES string of the molecule is Cc1ccc(C(C)Nc2cc(C)ccc2[N+](=O)[O-])c(O)c1. The molecule has 0 aliphatic carbocycles. The largest absolute Gasteiger partial charge is 0.508 e. The quantitative estimate of drug-likeness (QED) is 0.655. The summed E-state index contributed by atoms with van der Waals surface area (Å²) in [4.78, 5) is 10.7. The standard InChI is InChI=1S/C16H18N2O3/c1-10-5-7-15(18(20)21)14(8-10)17-12(3)13-6-4-11(2)9-16(13)19/h4-9,12,17,19H,1-3H3. The van der Waals surface area contributed by atoms with Crippen LogP contribution in [0.3, 0.4) is 0 Å². The first-order chi connectivity index (χ1) is 9.88. The maximum Gasteiger partial charge on any atom is 0.292 e. The molecule has 5 heteroatoms. The smallest absolute Gasteiger partial charge is 0.292 e. The Bertz CT molecular complexity index is 683. The molecule has 2 N–H and O–H groups in total. The first kappa shape index (κ1) is 14.8. The number of nitrogens with zero attached hydrogens (tertiary/aromatic N) is 1. The predicted molar refractivity (Wildman–Crippen MR) is 82.7 cm³/mol. The van der Waals surface area contributed by atoms with Gasteiger partial charge in [0.25, 0.3) is 5.69 Å². The topological polar surface area (TPSA) is 75.4 Å². The van der Waals surface area contributed by atoms with E-state index in [1.807, 2.05) is 32.9 Å². The Kier molecular flexibility index (Phi) is 4.12. The fraction of sp³-hybridized carbons (Fsp3) is 0.250. The third-order valence-corrected chi connectivity index (χ3v) is 3.37. The highest BCUT2D eigenvalue weighted by Crippen LogP contribution is 2.32. The van der Waals surface area contributed by atoms with Crippen LogP contribution in [0.2, 0.25) is 0 Å². The number of anilines is 1. The van der Waals surface area contributed by atoms with Gasteiger partial charge in [0.15, 0.2) is 0 Å². The maximum absolute atomic E-state index is 11.1. The summed E-state index contributed by atoms with van der Waals surface area (Å²) in [6.07, 6.45) is 0. The molecule has 0 saturated carbocycles. The Morgan fingerprint density at radius 2 is 1.76 bits per heavy atom. The van der Waals surface area contributed by atoms with Crippen molar-refractivity contribution in [2.45, 2.75) is 26.8 Å². The van der Waals surface area contributed by atoms with Crippen molar-refractivity contribution in [2.24, 2.45) is 0 Å². The van der Waals surface area contributed by atoms with Gasteiger partial charge >= 0.3 is 0 Å². The van der Waals surface area contributed by atoms with Crippen LogP contribution in [0.5, 0.6) is 5.75 Å². The van der Waals surface area contributed by atoms with Gasteiger partial charge in [0.2, 0.25) is 0 Å². The molecule has 0 spiro atoms. The van der Waals surface area contributed by atoms with Gasteiger partial charge in [-0.05, 0) is 44.0 Å². The van der Waals surface area contributed by atoms with Gasteiger partial charge in [-0.25, -0.2) is 0 Å². The number of aryl methyl sites for hydroxylation is 2. The Balaban J connectivity index is 2.33. The Morgan fingerprint density at radius 3 is 2.38 bits per heavy atom. The highest BCUT2D eigenvalue weighted by atomic mass is 16.6. The first-order valence-corrected chi connectivity index (χ1v) is 6.69. The van der Waals surface area contributed by atoms with Crippen molar-refractivity contribution in [3.63, 3.8) is 0 Å². The molecule has 21 heavy (non-hydrogen) atoms. The van der Waals surface area contributed by atoms with Gasteiger partial charge < -0.3 is 10.4 Å². The molecule has 0 saturated heterocycles. The molecular weight excluding hydrogens is 268 g/mol. The summed E-state index contributed by atoms with van der Waals surface area (Å²) >= 11 is 0. The zero-order valence-electron chi connectivity index (χ0n) is 12.3. The normalized spacial score (nSPS) is 12.0. The monoisotopic (exact) mass is 286 g/mol. The lowest BCUT2D eigenvalue weighted by Gasteiger charge is -2.17. The van der Waals surface area contributed by atoms with E-state index in [0.29, 0.717) is 11.3 Å². The summed E-state index contributed by atoms with van der Waals surface area (Å²) in [7, 11) is 0. The fourth-order valence-corrected chi connectivity index (χ4v) is 2.26. The second-order valence-electron chi connectivity index (χ2n) is 5.21. The predicted octanol–water partition coefficient (Wildman–Crippen LogP) is 4.09. The molecule has 0 heterocycles. The number of phenols is 1. The van der Waals surface area contributed by atoms with Gasteiger partial charge in [0.1, 0.15) is 11.4 Å². The minimum absolute atomic E-state index is 0.0269. The Labute approximate surface area is 123 Å². The van der Waals surface area contributed by atoms with Crippen LogP contribution in [0, 0.1) is 24.0 Å². The van der Waals surface area contributed by atoms with Crippen molar-refractivity contribution in [3.8, 4) is 5.75 Å². The zero-order valence-corrected chi connectivity index (χ0v) is 12.3. The molecule has 2 rings (SSSR count). The van der Waals surface area contributed by atoms with E-state index >= 15 is 0 Å². The molecule has 2 aromatic carbocycles. The van der Waals surface area contributed by atoms with Crippen LogP contribution in [0.1, 0.15) is 29.7 Å². The van der Waals surface area contributed by atoms with E-state index in [0.717, 1.165) is 11.1 Å². The van der Waals surface area contributed by atoms with Gasteiger partial charge in [0, 0.05) is 11.6 Å². The van der Waals surface area contributed by atoms with Gasteiger partial charge in [0.05, 0.1) is 11.0 Å². The average molecular weight is 286 g/mol. The van der Waals surface area contributed by atoms with Gasteiger partial charge in [-0.3, -0.25) is 10.1 Å². The number of nitrogens with one attached hydrogen (secondary N) is 1. The highest BCUT2D eigenvalue weighted by Gasteiger charge is 2.17. The third kappa shape index (κ3) is 3.31. The average Bonchev–Trinajstić information content (AvgIpc) is 2.37. The van der Waals surface area contributed by atoms with Crippen LogP contribution in [0.15, 0.2) is 36.4 Å². The number of rotatable bonds is 4. The molecule has 1 atom stereocenters. The molecule has 0 aliphatic rings. The molecule has 5 nitrogen and oxygen atoms in total. The van der Waals surface area contributed by atoms with Crippen molar-refractivity contribution in [1.82, 2.24) is 0 Å². The maximum atomic E-state index is 11.1. The van der Waals surface area contributed by atoms with E-state index < -0.39 is 4.92 Å². The molecule has 0 aliphatic heterocycles. The summed E-state index contributed by atoms with van der Waals surface area (Å²) in [6, 6.07) is 10.1. The number of hydrogen-bond acceptors (Lipinski definition) is 4. The number of aromatic hydroxyl groups is 1. The van der Waals surface area contributed by atoms with Crippen LogP contribution in [0.4, 0.5) is 11.4 Å². The van der Waals surface area contributed by atoms with Gasteiger partial charge in [-0.15, -0.1) is 0 Å². The molecular formula is C16H18N2O3. The van der Waals surface area contributed by atoms with Crippen molar-refractivity contribution >= 4 is 11.4 Å². The van der Waals surface area contributed by atoms with E-state index in [1.165, 1.54) is 6.07 Å². The zero-order chi connectivity index (χ0) is 15.6. The van der Waals surface area contributed by atoms with E-state index in [2.05, 4.69) is 5.32 Å². The minimum Gasteiger partial charge on any atom is -0.508 e. The van der Waals surface area contributed by atoms with Crippen molar-refractivity contribution < 1.29 is 10.0 Å². The van der Waals surface area contributed by atoms with Crippen molar-refractivity contribution in [3.05, 3.63) is 63.2 Å². The van der Waals surface area contributed by atoms with E-state index in [4.69, 9.17) is 0 Å². The summed E-state index contributed by atoms with van der Waals surface area (Å²) in [5.74, 6) is 0.185. The third-order valence-electron chi connectivity index (χ3n) is 3.37. The van der Waals surface area contributed by atoms with Crippen LogP contribution < -0.4 is 5.32 Å². The number of hydrogen-bond donors (Lipinski definition) is 2. The van der Waals surface area contributed by atoms with Crippen LogP contribution >= 0.6 is 0 Å². The summed E-state index contributed by atoms with van der Waals surface area (Å²) in [5.41, 5.74) is 3.08. The number of nitro groups is 1. The van der Waals surface area contributed by atoms with Crippen molar-refractivity contribution in [2.75, 3.05) is 5.32 Å². The van der Waals surface area contributed by atoms with Crippen LogP contribution in [-0.2, 0) is 0 Å². The highest BCUT2D eigenvalue weighted by molar-refractivity contribution is 5.63. The molecule has 0 fully saturated rings. The van der Waals surface area contributed by atoms with E-state index in [9.17, 15) is 15.2 Å². The molecule has 0 radical (unpaired) electrons. The van der Waals surface area contributed by atoms with E-state index in [1.54, 1.807) is 18.2 Å². The molecule has 0 amide bonds. The molecule has 110 valence electrons. The lowest BCUT2D eigenvalue weighted by Crippen LogP contribution is -2.09. The summed E-state index contributed by atoms with van der Waals surface area (Å²) in [5, 5.41) is 24.2. The van der Waals surface area contributed by atoms with E-state index in [-0.39, 0.29) is 17.5 Å². The molecule has 0 bridgehead atoms. The summed E-state index contributed by atoms with van der Waals surface area (Å²) < 4.78 is 0. The minimum atomic E-state index is -0.413. The lowest BCUT2D eigenvalue weighted by molar-refractivity contribution is -0.384. The second kappa shape index (κ2) is 5.83. The van der Waals surface area contributed by atoms with Gasteiger partial charge in [-0.1, -0.05) is 18.2 Å². The van der Waals surface area contributed by atoms with Crippen LogP contribution in [-0.4, -0.2) is 10.0 Å². The number of benzene rings is 2. The summed E-state index contributed by atoms with van der Waals surface area (Å²) in [6.45, 7) is 5.63. The van der Waals surface area contributed by atoms with Crippen LogP contribution in [0.25, 0.3) is 0 Å². The lowest BCUT2D eigenvalue weighted by atomic mass is 10.0. The fourth-order valence-electron chi connectivity index (χ4n) is 2.26. The van der Waals surface area contributed by atoms with Gasteiger partial charge in [-0.2, -0.15) is 0 Å². The Hall–Kier alpha value is -2.56. The molecule has 2 aromatic rings. The number of nitro benzene ring substituents is 1. The van der Waals surface area contributed by atoms with Crippen molar-refractivity contribution in [1.29, 1.82) is 0 Å². The number of phenolic OH excluding ortho intramolecular Hbond substituents is 1. The Morgan fingerprint density at radius 1 is 1.14 bits per heavy atom. The first-order valence-electron chi connectivity index (χ1n) is 6.69. The molecule has 1 unspecified atom stereocenters.